The van der Waals surface area contributed by atoms with E-state index < -0.39 is 0 Å². The number of esters is 2. The van der Waals surface area contributed by atoms with Crippen LogP contribution in [0.3, 0.4) is 0 Å². The maximum Gasteiger partial charge on any atom is 0.309 e. The molecule has 4 nitrogen and oxygen atoms in total. The second-order valence-electron chi connectivity index (χ2n) is 3.39. The van der Waals surface area contributed by atoms with E-state index in [4.69, 9.17) is 9.47 Å². The van der Waals surface area contributed by atoms with Gasteiger partial charge in [-0.05, 0) is 17.7 Å². The second kappa shape index (κ2) is 6.48. The summed E-state index contributed by atoms with van der Waals surface area (Å²) in [5.41, 5.74) is 0.832. The van der Waals surface area contributed by atoms with Crippen molar-refractivity contribution in [2.75, 3.05) is 0 Å². The predicted octanol–water partition coefficient (Wildman–Crippen LogP) is 2.23. The number of carbonyl (C=O) groups excluding carboxylic acids is 2. The molecule has 17 heavy (non-hydrogen) atoms. The summed E-state index contributed by atoms with van der Waals surface area (Å²) in [5, 5.41) is 0. The van der Waals surface area contributed by atoms with Gasteiger partial charge >= 0.3 is 11.9 Å². The highest BCUT2D eigenvalue weighted by atomic mass is 16.5. The molecular weight excluding hydrogens is 220 g/mol. The van der Waals surface area contributed by atoms with Crippen LogP contribution in [0.4, 0.5) is 0 Å². The van der Waals surface area contributed by atoms with E-state index in [0.29, 0.717) is 5.75 Å². The number of hydrogen-bond donors (Lipinski definition) is 0. The zero-order chi connectivity index (χ0) is 12.7. The van der Waals surface area contributed by atoms with Crippen LogP contribution in [0.2, 0.25) is 0 Å². The molecule has 0 spiro atoms. The molecule has 0 heterocycles. The molecule has 0 atom stereocenters. The highest BCUT2D eigenvalue weighted by Gasteiger charge is 2.02. The Bertz CT molecular complexity index is 406. The standard InChI is InChI=1S/C13H14O4/c1-3-4-13(15)16-9-11-5-7-12(8-6-11)17-10(2)14/h3,5-8H,1,4,9H2,2H3. The van der Waals surface area contributed by atoms with E-state index in [-0.39, 0.29) is 25.0 Å². The van der Waals surface area contributed by atoms with Crippen LogP contribution in [0, 0.1) is 0 Å². The molecule has 0 amide bonds. The van der Waals surface area contributed by atoms with Crippen molar-refractivity contribution in [1.82, 2.24) is 0 Å². The highest BCUT2D eigenvalue weighted by molar-refractivity contribution is 5.71. The normalized spacial score (nSPS) is 9.47. The van der Waals surface area contributed by atoms with E-state index in [1.165, 1.54) is 13.0 Å². The maximum atomic E-state index is 11.1. The van der Waals surface area contributed by atoms with E-state index in [1.807, 2.05) is 0 Å². The van der Waals surface area contributed by atoms with E-state index >= 15 is 0 Å². The van der Waals surface area contributed by atoms with Crippen molar-refractivity contribution < 1.29 is 19.1 Å². The SMILES string of the molecule is C=CCC(=O)OCc1ccc(OC(C)=O)cc1. The van der Waals surface area contributed by atoms with Crippen LogP contribution in [0.15, 0.2) is 36.9 Å². The van der Waals surface area contributed by atoms with Crippen molar-refractivity contribution in [1.29, 1.82) is 0 Å². The van der Waals surface area contributed by atoms with Gasteiger partial charge < -0.3 is 9.47 Å². The van der Waals surface area contributed by atoms with Crippen molar-refractivity contribution in [3.8, 4) is 5.75 Å². The third-order valence-electron chi connectivity index (χ3n) is 1.90. The maximum absolute atomic E-state index is 11.1. The molecule has 0 saturated carbocycles. The van der Waals surface area contributed by atoms with Crippen molar-refractivity contribution in [2.24, 2.45) is 0 Å². The van der Waals surface area contributed by atoms with Crippen LogP contribution < -0.4 is 4.74 Å². The fraction of sp³-hybridized carbons (Fsp3) is 0.231. The summed E-state index contributed by atoms with van der Waals surface area (Å²) in [6, 6.07) is 6.77. The minimum atomic E-state index is -0.366. The van der Waals surface area contributed by atoms with Gasteiger partial charge in [0.15, 0.2) is 0 Å². The van der Waals surface area contributed by atoms with Gasteiger partial charge in [-0.3, -0.25) is 9.59 Å². The molecule has 1 rings (SSSR count). The van der Waals surface area contributed by atoms with E-state index in [1.54, 1.807) is 24.3 Å². The quantitative estimate of drug-likeness (QED) is 0.445. The Labute approximate surface area is 99.8 Å². The van der Waals surface area contributed by atoms with Gasteiger partial charge in [0.05, 0.1) is 6.42 Å². The molecule has 90 valence electrons. The summed E-state index contributed by atoms with van der Waals surface area (Å²) in [4.78, 5) is 21.8. The number of hydrogen-bond acceptors (Lipinski definition) is 4. The lowest BCUT2D eigenvalue weighted by molar-refractivity contribution is -0.143. The lowest BCUT2D eigenvalue weighted by Gasteiger charge is -2.05. The Morgan fingerprint density at radius 2 is 1.94 bits per heavy atom. The summed E-state index contributed by atoms with van der Waals surface area (Å²) < 4.78 is 9.84. The average molecular weight is 234 g/mol. The Morgan fingerprint density at radius 1 is 1.29 bits per heavy atom. The van der Waals surface area contributed by atoms with Crippen LogP contribution in [-0.4, -0.2) is 11.9 Å². The molecule has 0 bridgehead atoms. The molecule has 0 unspecified atom stereocenters. The Hall–Kier alpha value is -2.10. The van der Waals surface area contributed by atoms with Crippen LogP contribution >= 0.6 is 0 Å². The number of ether oxygens (including phenoxy) is 2. The first-order valence-electron chi connectivity index (χ1n) is 5.15. The molecular formula is C13H14O4. The third kappa shape index (κ3) is 4.97. The van der Waals surface area contributed by atoms with Gasteiger partial charge in [-0.25, -0.2) is 0 Å². The number of rotatable bonds is 5. The van der Waals surface area contributed by atoms with Gasteiger partial charge in [0.2, 0.25) is 0 Å². The van der Waals surface area contributed by atoms with Crippen LogP contribution in [-0.2, 0) is 20.9 Å². The Balaban J connectivity index is 2.48. The minimum Gasteiger partial charge on any atom is -0.461 e. The molecule has 0 saturated heterocycles. The van der Waals surface area contributed by atoms with Crippen LogP contribution in [0.5, 0.6) is 5.75 Å². The Morgan fingerprint density at radius 3 is 2.47 bits per heavy atom. The average Bonchev–Trinajstić information content (AvgIpc) is 2.28. The van der Waals surface area contributed by atoms with E-state index in [9.17, 15) is 9.59 Å². The molecule has 0 aliphatic carbocycles. The fourth-order valence-corrected chi connectivity index (χ4v) is 1.16. The summed E-state index contributed by atoms with van der Waals surface area (Å²) in [5.74, 6) is -0.210. The first kappa shape index (κ1) is 13.0. The summed E-state index contributed by atoms with van der Waals surface area (Å²) in [6.07, 6.45) is 1.69. The second-order valence-corrected chi connectivity index (χ2v) is 3.39. The topological polar surface area (TPSA) is 52.6 Å². The summed E-state index contributed by atoms with van der Waals surface area (Å²) in [6.45, 7) is 4.99. The monoisotopic (exact) mass is 234 g/mol. The lowest BCUT2D eigenvalue weighted by atomic mass is 10.2. The van der Waals surface area contributed by atoms with Gasteiger partial charge in [0.1, 0.15) is 12.4 Å². The van der Waals surface area contributed by atoms with Crippen molar-refractivity contribution in [3.63, 3.8) is 0 Å². The summed E-state index contributed by atoms with van der Waals surface area (Å²) in [7, 11) is 0. The first-order valence-corrected chi connectivity index (χ1v) is 5.15. The van der Waals surface area contributed by atoms with Crippen molar-refractivity contribution in [2.45, 2.75) is 20.0 Å². The fourth-order valence-electron chi connectivity index (χ4n) is 1.16. The van der Waals surface area contributed by atoms with E-state index in [0.717, 1.165) is 5.56 Å². The van der Waals surface area contributed by atoms with Gasteiger partial charge in [-0.2, -0.15) is 0 Å². The minimum absolute atomic E-state index is 0.200. The first-order chi connectivity index (χ1) is 8.11. The third-order valence-corrected chi connectivity index (χ3v) is 1.90. The number of carbonyl (C=O) groups is 2. The summed E-state index contributed by atoms with van der Waals surface area (Å²) >= 11 is 0. The van der Waals surface area contributed by atoms with E-state index in [2.05, 4.69) is 6.58 Å². The van der Waals surface area contributed by atoms with Gasteiger partial charge in [0.25, 0.3) is 0 Å². The lowest BCUT2D eigenvalue weighted by Crippen LogP contribution is -2.03. The molecule has 1 aromatic carbocycles. The molecule has 0 fully saturated rings. The largest absolute Gasteiger partial charge is 0.461 e. The van der Waals surface area contributed by atoms with Crippen molar-refractivity contribution in [3.05, 3.63) is 42.5 Å². The van der Waals surface area contributed by atoms with Crippen molar-refractivity contribution >= 4 is 11.9 Å². The Kier molecular flexibility index (Phi) is 4.94. The zero-order valence-electron chi connectivity index (χ0n) is 9.64. The van der Waals surface area contributed by atoms with Gasteiger partial charge in [-0.15, -0.1) is 6.58 Å². The predicted molar refractivity (Wildman–Crippen MR) is 62.4 cm³/mol. The molecule has 0 aliphatic rings. The van der Waals surface area contributed by atoms with Gasteiger partial charge in [-0.1, -0.05) is 18.2 Å². The highest BCUT2D eigenvalue weighted by Crippen LogP contribution is 2.13. The van der Waals surface area contributed by atoms with Crippen LogP contribution in [0.25, 0.3) is 0 Å². The molecule has 0 N–H and O–H groups in total. The smallest absolute Gasteiger partial charge is 0.309 e. The van der Waals surface area contributed by atoms with Crippen LogP contribution in [0.1, 0.15) is 18.9 Å². The zero-order valence-corrected chi connectivity index (χ0v) is 9.64. The molecule has 0 radical (unpaired) electrons. The molecule has 4 heteroatoms. The molecule has 1 aromatic rings. The number of benzene rings is 1. The van der Waals surface area contributed by atoms with Gasteiger partial charge in [0, 0.05) is 6.92 Å². The molecule has 0 aliphatic heterocycles. The molecule has 0 aromatic heterocycles.